The van der Waals surface area contributed by atoms with Crippen LogP contribution in [0.4, 0.5) is 5.82 Å². The van der Waals surface area contributed by atoms with E-state index in [0.717, 1.165) is 17.7 Å². The average Bonchev–Trinajstić information content (AvgIpc) is 2.85. The Morgan fingerprint density at radius 3 is 2.68 bits per heavy atom. The quantitative estimate of drug-likeness (QED) is 0.836. The molecule has 0 bridgehead atoms. The van der Waals surface area contributed by atoms with E-state index in [1.165, 1.54) is 0 Å². The summed E-state index contributed by atoms with van der Waals surface area (Å²) in [5.41, 5.74) is 1.84. The minimum atomic E-state index is -3.38. The Hall–Kier alpha value is -1.89. The Labute approximate surface area is 112 Å². The number of aromatic amines is 1. The van der Waals surface area contributed by atoms with E-state index < -0.39 is 10.0 Å². The predicted molar refractivity (Wildman–Crippen MR) is 73.3 cm³/mol. The van der Waals surface area contributed by atoms with E-state index >= 15 is 0 Å². The zero-order chi connectivity index (χ0) is 13.7. The zero-order valence-electron chi connectivity index (χ0n) is 10.6. The number of anilines is 1. The molecular weight excluding hydrogens is 264 g/mol. The average molecular weight is 280 g/mol. The third-order valence-electron chi connectivity index (χ3n) is 2.68. The molecule has 19 heavy (non-hydrogen) atoms. The van der Waals surface area contributed by atoms with E-state index in [1.807, 2.05) is 6.92 Å². The molecule has 2 aromatic rings. The van der Waals surface area contributed by atoms with Crippen LogP contribution in [-0.4, -0.2) is 29.4 Å². The van der Waals surface area contributed by atoms with Crippen molar-refractivity contribution in [1.82, 2.24) is 15.2 Å². The lowest BCUT2D eigenvalue weighted by molar-refractivity contribution is 0.600. The van der Waals surface area contributed by atoms with Gasteiger partial charge in [0.1, 0.15) is 0 Å². The van der Waals surface area contributed by atoms with Gasteiger partial charge in [-0.1, -0.05) is 6.92 Å². The van der Waals surface area contributed by atoms with Crippen molar-refractivity contribution < 1.29 is 8.42 Å². The van der Waals surface area contributed by atoms with E-state index in [4.69, 9.17) is 0 Å². The summed E-state index contributed by atoms with van der Waals surface area (Å²) in [6.45, 7) is 1.97. The molecule has 2 heterocycles. The highest BCUT2D eigenvalue weighted by Gasteiger charge is 2.12. The zero-order valence-corrected chi connectivity index (χ0v) is 11.4. The first-order valence-electron chi connectivity index (χ1n) is 6.03. The first-order chi connectivity index (χ1) is 9.09. The fraction of sp³-hybridized carbons (Fsp3) is 0.333. The lowest BCUT2D eigenvalue weighted by Crippen LogP contribution is -2.18. The van der Waals surface area contributed by atoms with E-state index in [1.54, 1.807) is 30.6 Å². The number of aryl methyl sites for hydroxylation is 2. The van der Waals surface area contributed by atoms with Crippen molar-refractivity contribution in [1.29, 1.82) is 0 Å². The molecule has 2 rings (SSSR count). The van der Waals surface area contributed by atoms with Crippen LogP contribution in [0.1, 0.15) is 18.2 Å². The molecule has 0 aliphatic carbocycles. The Kier molecular flexibility index (Phi) is 4.16. The number of rotatable bonds is 6. The molecule has 2 aromatic heterocycles. The predicted octanol–water partition coefficient (Wildman–Crippen LogP) is 1.35. The van der Waals surface area contributed by atoms with Gasteiger partial charge in [-0.3, -0.25) is 14.8 Å². The summed E-state index contributed by atoms with van der Waals surface area (Å²) in [4.78, 5) is 3.89. The van der Waals surface area contributed by atoms with E-state index in [2.05, 4.69) is 19.9 Å². The molecule has 0 aliphatic rings. The van der Waals surface area contributed by atoms with Gasteiger partial charge >= 0.3 is 0 Å². The number of pyridine rings is 1. The van der Waals surface area contributed by atoms with Crippen LogP contribution < -0.4 is 4.72 Å². The Bertz CT molecular complexity index is 622. The largest absolute Gasteiger partial charge is 0.280 e. The molecule has 0 amide bonds. The van der Waals surface area contributed by atoms with Crippen LogP contribution in [0.5, 0.6) is 0 Å². The Morgan fingerprint density at radius 1 is 1.32 bits per heavy atom. The molecule has 2 N–H and O–H groups in total. The van der Waals surface area contributed by atoms with Crippen molar-refractivity contribution in [2.45, 2.75) is 19.8 Å². The topological polar surface area (TPSA) is 87.7 Å². The molecule has 0 aromatic carbocycles. The van der Waals surface area contributed by atoms with E-state index in [-0.39, 0.29) is 5.75 Å². The minimum Gasteiger partial charge on any atom is -0.280 e. The van der Waals surface area contributed by atoms with Crippen molar-refractivity contribution in [3.63, 3.8) is 0 Å². The molecule has 0 unspecified atom stereocenters. The van der Waals surface area contributed by atoms with Crippen molar-refractivity contribution in [3.8, 4) is 0 Å². The standard InChI is InChI=1S/C12H16N4O2S/c1-2-11-9-12(15-14-11)16-19(17,18)8-5-10-3-6-13-7-4-10/h3-4,6-7,9H,2,5,8H2,1H3,(H2,14,15,16). The van der Waals surface area contributed by atoms with Crippen molar-refractivity contribution >= 4 is 15.8 Å². The third kappa shape index (κ3) is 4.06. The number of hydrogen-bond donors (Lipinski definition) is 2. The molecule has 0 saturated heterocycles. The lowest BCUT2D eigenvalue weighted by Gasteiger charge is -2.04. The SMILES string of the molecule is CCc1cc(NS(=O)(=O)CCc2ccncc2)n[nH]1. The first kappa shape index (κ1) is 13.5. The van der Waals surface area contributed by atoms with Gasteiger partial charge in [0.05, 0.1) is 5.75 Å². The van der Waals surface area contributed by atoms with Crippen molar-refractivity contribution in [3.05, 3.63) is 41.9 Å². The van der Waals surface area contributed by atoms with Crippen molar-refractivity contribution in [2.24, 2.45) is 0 Å². The smallest absolute Gasteiger partial charge is 0.234 e. The number of hydrogen-bond acceptors (Lipinski definition) is 4. The maximum atomic E-state index is 11.9. The maximum Gasteiger partial charge on any atom is 0.234 e. The highest BCUT2D eigenvalue weighted by Crippen LogP contribution is 2.09. The number of nitrogens with zero attached hydrogens (tertiary/aromatic N) is 2. The summed E-state index contributed by atoms with van der Waals surface area (Å²) >= 11 is 0. The summed E-state index contributed by atoms with van der Waals surface area (Å²) in [5, 5.41) is 6.67. The summed E-state index contributed by atoms with van der Waals surface area (Å²) in [7, 11) is -3.38. The van der Waals surface area contributed by atoms with Gasteiger partial charge in [-0.2, -0.15) is 5.10 Å². The fourth-order valence-corrected chi connectivity index (χ4v) is 2.64. The highest BCUT2D eigenvalue weighted by molar-refractivity contribution is 7.92. The van der Waals surface area contributed by atoms with Crippen LogP contribution in [0.2, 0.25) is 0 Å². The summed E-state index contributed by atoms with van der Waals surface area (Å²) < 4.78 is 26.2. The molecule has 102 valence electrons. The van der Waals surface area contributed by atoms with Crippen LogP contribution in [-0.2, 0) is 22.9 Å². The third-order valence-corrected chi connectivity index (χ3v) is 3.94. The van der Waals surface area contributed by atoms with E-state index in [0.29, 0.717) is 12.2 Å². The van der Waals surface area contributed by atoms with Gasteiger partial charge in [-0.25, -0.2) is 8.42 Å². The van der Waals surface area contributed by atoms with Gasteiger partial charge in [0, 0.05) is 24.2 Å². The molecular formula is C12H16N4O2S. The monoisotopic (exact) mass is 280 g/mol. The minimum absolute atomic E-state index is 0.0192. The fourth-order valence-electron chi connectivity index (χ4n) is 1.61. The second kappa shape index (κ2) is 5.83. The van der Waals surface area contributed by atoms with Crippen LogP contribution in [0.3, 0.4) is 0 Å². The van der Waals surface area contributed by atoms with Gasteiger partial charge in [-0.05, 0) is 30.5 Å². The van der Waals surface area contributed by atoms with Crippen LogP contribution >= 0.6 is 0 Å². The Balaban J connectivity index is 1.95. The molecule has 0 spiro atoms. The van der Waals surface area contributed by atoms with Gasteiger partial charge in [0.2, 0.25) is 10.0 Å². The number of aromatic nitrogens is 3. The van der Waals surface area contributed by atoms with Crippen LogP contribution in [0.15, 0.2) is 30.6 Å². The molecule has 0 saturated carbocycles. The van der Waals surface area contributed by atoms with Gasteiger partial charge in [0.25, 0.3) is 0 Å². The van der Waals surface area contributed by atoms with Crippen LogP contribution in [0, 0.1) is 0 Å². The molecule has 0 atom stereocenters. The molecule has 0 aliphatic heterocycles. The van der Waals surface area contributed by atoms with Gasteiger partial charge < -0.3 is 0 Å². The number of nitrogens with one attached hydrogen (secondary N) is 2. The van der Waals surface area contributed by atoms with Gasteiger partial charge in [0.15, 0.2) is 5.82 Å². The van der Waals surface area contributed by atoms with Crippen LogP contribution in [0.25, 0.3) is 0 Å². The first-order valence-corrected chi connectivity index (χ1v) is 7.68. The number of H-pyrrole nitrogens is 1. The maximum absolute atomic E-state index is 11.9. The summed E-state index contributed by atoms with van der Waals surface area (Å²) in [6.07, 6.45) is 4.53. The summed E-state index contributed by atoms with van der Waals surface area (Å²) in [5.74, 6) is 0.359. The second-order valence-electron chi connectivity index (χ2n) is 4.16. The Morgan fingerprint density at radius 2 is 2.05 bits per heavy atom. The molecule has 6 nitrogen and oxygen atoms in total. The van der Waals surface area contributed by atoms with Gasteiger partial charge in [-0.15, -0.1) is 0 Å². The lowest BCUT2D eigenvalue weighted by atomic mass is 10.2. The summed E-state index contributed by atoms with van der Waals surface area (Å²) in [6, 6.07) is 5.31. The van der Waals surface area contributed by atoms with Crippen molar-refractivity contribution in [2.75, 3.05) is 10.5 Å². The molecule has 7 heteroatoms. The number of sulfonamides is 1. The highest BCUT2D eigenvalue weighted by atomic mass is 32.2. The normalized spacial score (nSPS) is 11.4. The molecule has 0 fully saturated rings. The molecule has 0 radical (unpaired) electrons. The second-order valence-corrected chi connectivity index (χ2v) is 6.00. The van der Waals surface area contributed by atoms with E-state index in [9.17, 15) is 8.42 Å².